The molecule has 0 bridgehead atoms. The zero-order valence-corrected chi connectivity index (χ0v) is 11.0. The molecule has 0 saturated carbocycles. The largest absolute Gasteiger partial charge is 0.486 e. The van der Waals surface area contributed by atoms with Crippen molar-refractivity contribution in [3.05, 3.63) is 23.8 Å². The Morgan fingerprint density at radius 1 is 1.24 bits per heavy atom. The maximum Gasteiger partial charge on any atom is 0.401 e. The number of aliphatic carboxylic acids is 1. The fourth-order valence-electron chi connectivity index (χ4n) is 2.06. The summed E-state index contributed by atoms with van der Waals surface area (Å²) in [7, 11) is 0. The molecular weight excluding hydrogens is 291 g/mol. The van der Waals surface area contributed by atoms with E-state index < -0.39 is 25.2 Å². The third-order valence-electron chi connectivity index (χ3n) is 2.77. The van der Waals surface area contributed by atoms with Crippen LogP contribution in [0.3, 0.4) is 0 Å². The standard InChI is InChI=1S/C13H14F3NO4/c14-13(15,16)8-17(7-12(18)19)6-9-1-2-10-11(5-9)21-4-3-20-10/h1-2,5H,3-4,6-8H2,(H,18,19). The van der Waals surface area contributed by atoms with Crippen molar-refractivity contribution >= 4 is 5.97 Å². The molecule has 5 nitrogen and oxygen atoms in total. The summed E-state index contributed by atoms with van der Waals surface area (Å²) < 4.78 is 48.0. The van der Waals surface area contributed by atoms with Crippen LogP contribution in [0.2, 0.25) is 0 Å². The van der Waals surface area contributed by atoms with Crippen molar-refractivity contribution in [2.75, 3.05) is 26.3 Å². The van der Waals surface area contributed by atoms with Gasteiger partial charge >= 0.3 is 12.1 Å². The van der Waals surface area contributed by atoms with Gasteiger partial charge < -0.3 is 14.6 Å². The van der Waals surface area contributed by atoms with Crippen LogP contribution < -0.4 is 9.47 Å². The molecule has 0 aromatic heterocycles. The number of carbonyl (C=O) groups is 1. The molecule has 2 rings (SSSR count). The third kappa shape index (κ3) is 4.82. The number of hydrogen-bond donors (Lipinski definition) is 1. The highest BCUT2D eigenvalue weighted by molar-refractivity contribution is 5.69. The molecule has 0 amide bonds. The van der Waals surface area contributed by atoms with Crippen LogP contribution in [0.5, 0.6) is 11.5 Å². The number of halogens is 3. The Hall–Kier alpha value is -1.96. The van der Waals surface area contributed by atoms with Crippen LogP contribution in [0.15, 0.2) is 18.2 Å². The van der Waals surface area contributed by atoms with Crippen molar-refractivity contribution in [3.63, 3.8) is 0 Å². The van der Waals surface area contributed by atoms with Gasteiger partial charge in [0.15, 0.2) is 11.5 Å². The summed E-state index contributed by atoms with van der Waals surface area (Å²) >= 11 is 0. The predicted octanol–water partition coefficient (Wildman–Crippen LogP) is 1.91. The molecule has 0 spiro atoms. The molecular formula is C13H14F3NO4. The summed E-state index contributed by atoms with van der Waals surface area (Å²) in [6.07, 6.45) is -4.46. The number of carboxylic acid groups (broad SMARTS) is 1. The highest BCUT2D eigenvalue weighted by atomic mass is 19.4. The minimum Gasteiger partial charge on any atom is -0.486 e. The quantitative estimate of drug-likeness (QED) is 0.900. The Balaban J connectivity index is 2.10. The molecule has 0 unspecified atom stereocenters. The minimum absolute atomic E-state index is 0.136. The molecule has 0 saturated heterocycles. The van der Waals surface area contributed by atoms with Crippen molar-refractivity contribution in [1.29, 1.82) is 0 Å². The molecule has 1 aliphatic heterocycles. The van der Waals surface area contributed by atoms with Crippen LogP contribution in [0.4, 0.5) is 13.2 Å². The number of nitrogens with zero attached hydrogens (tertiary/aromatic N) is 1. The topological polar surface area (TPSA) is 59.0 Å². The van der Waals surface area contributed by atoms with Crippen LogP contribution >= 0.6 is 0 Å². The molecule has 21 heavy (non-hydrogen) atoms. The summed E-state index contributed by atoms with van der Waals surface area (Å²) in [4.78, 5) is 11.5. The Morgan fingerprint density at radius 3 is 2.52 bits per heavy atom. The molecule has 1 aromatic carbocycles. The highest BCUT2D eigenvalue weighted by Crippen LogP contribution is 2.31. The monoisotopic (exact) mass is 305 g/mol. The summed E-state index contributed by atoms with van der Waals surface area (Å²) in [6.45, 7) is -1.31. The SMILES string of the molecule is O=C(O)CN(Cc1ccc2c(c1)OCCO2)CC(F)(F)F. The summed E-state index contributed by atoms with van der Waals surface area (Å²) in [5.74, 6) is -0.316. The van der Waals surface area contributed by atoms with E-state index in [0.29, 0.717) is 30.3 Å². The second-order valence-corrected chi connectivity index (χ2v) is 4.63. The van der Waals surface area contributed by atoms with Crippen LogP contribution in [0.25, 0.3) is 0 Å². The molecule has 1 N–H and O–H groups in total. The molecule has 0 fully saturated rings. The van der Waals surface area contributed by atoms with Gasteiger partial charge in [0.2, 0.25) is 0 Å². The third-order valence-corrected chi connectivity index (χ3v) is 2.77. The fourth-order valence-corrected chi connectivity index (χ4v) is 2.06. The Labute approximate surface area is 118 Å². The van der Waals surface area contributed by atoms with E-state index in [4.69, 9.17) is 14.6 Å². The summed E-state index contributed by atoms with van der Waals surface area (Å²) in [6, 6.07) is 4.77. The summed E-state index contributed by atoms with van der Waals surface area (Å²) in [5.41, 5.74) is 0.532. The summed E-state index contributed by atoms with van der Waals surface area (Å²) in [5, 5.41) is 8.70. The number of alkyl halides is 3. The number of rotatable bonds is 5. The fraction of sp³-hybridized carbons (Fsp3) is 0.462. The predicted molar refractivity (Wildman–Crippen MR) is 66.4 cm³/mol. The van der Waals surface area contributed by atoms with E-state index >= 15 is 0 Å². The maximum atomic E-state index is 12.5. The van der Waals surface area contributed by atoms with Gasteiger partial charge in [0.25, 0.3) is 0 Å². The van der Waals surface area contributed by atoms with E-state index in [1.165, 1.54) is 0 Å². The normalized spacial score (nSPS) is 14.3. The van der Waals surface area contributed by atoms with E-state index in [-0.39, 0.29) is 6.54 Å². The van der Waals surface area contributed by atoms with Gasteiger partial charge in [-0.2, -0.15) is 13.2 Å². The van der Waals surface area contributed by atoms with E-state index in [2.05, 4.69) is 0 Å². The second kappa shape index (κ2) is 6.21. The van der Waals surface area contributed by atoms with Gasteiger partial charge in [-0.05, 0) is 17.7 Å². The van der Waals surface area contributed by atoms with Gasteiger partial charge in [-0.25, -0.2) is 0 Å². The smallest absolute Gasteiger partial charge is 0.401 e. The molecule has 0 atom stereocenters. The van der Waals surface area contributed by atoms with Gasteiger partial charge in [0.1, 0.15) is 13.2 Å². The highest BCUT2D eigenvalue weighted by Gasteiger charge is 2.31. The molecule has 1 aromatic rings. The van der Waals surface area contributed by atoms with Gasteiger partial charge in [0.05, 0.1) is 13.1 Å². The van der Waals surface area contributed by atoms with Gasteiger partial charge in [-0.1, -0.05) is 6.07 Å². The lowest BCUT2D eigenvalue weighted by Crippen LogP contribution is -2.37. The Bertz CT molecular complexity index is 519. The van der Waals surface area contributed by atoms with E-state index in [1.807, 2.05) is 0 Å². The maximum absolute atomic E-state index is 12.5. The Kier molecular flexibility index (Phi) is 4.56. The zero-order chi connectivity index (χ0) is 15.5. The van der Waals surface area contributed by atoms with Gasteiger partial charge in [-0.3, -0.25) is 9.69 Å². The molecule has 116 valence electrons. The van der Waals surface area contributed by atoms with Gasteiger partial charge in [0, 0.05) is 6.54 Å². The van der Waals surface area contributed by atoms with Crippen molar-refractivity contribution in [2.24, 2.45) is 0 Å². The number of hydrogen-bond acceptors (Lipinski definition) is 4. The van der Waals surface area contributed by atoms with Crippen molar-refractivity contribution in [2.45, 2.75) is 12.7 Å². The first-order valence-corrected chi connectivity index (χ1v) is 6.23. The first kappa shape index (κ1) is 15.4. The molecule has 0 aliphatic carbocycles. The second-order valence-electron chi connectivity index (χ2n) is 4.63. The van der Waals surface area contributed by atoms with Crippen LogP contribution in [-0.4, -0.2) is 48.5 Å². The van der Waals surface area contributed by atoms with Crippen molar-refractivity contribution < 1.29 is 32.5 Å². The van der Waals surface area contributed by atoms with Gasteiger partial charge in [-0.15, -0.1) is 0 Å². The minimum atomic E-state index is -4.46. The first-order chi connectivity index (χ1) is 9.83. The van der Waals surface area contributed by atoms with E-state index in [0.717, 1.165) is 4.90 Å². The lowest BCUT2D eigenvalue weighted by molar-refractivity contribution is -0.154. The number of fused-ring (bicyclic) bond motifs is 1. The molecule has 0 radical (unpaired) electrons. The number of ether oxygens (including phenoxy) is 2. The van der Waals surface area contributed by atoms with E-state index in [9.17, 15) is 18.0 Å². The van der Waals surface area contributed by atoms with Crippen LogP contribution in [-0.2, 0) is 11.3 Å². The first-order valence-electron chi connectivity index (χ1n) is 6.23. The molecule has 1 aliphatic rings. The van der Waals surface area contributed by atoms with E-state index in [1.54, 1.807) is 18.2 Å². The average Bonchev–Trinajstić information content (AvgIpc) is 2.35. The van der Waals surface area contributed by atoms with Crippen LogP contribution in [0, 0.1) is 0 Å². The van der Waals surface area contributed by atoms with Crippen LogP contribution in [0.1, 0.15) is 5.56 Å². The van der Waals surface area contributed by atoms with Crippen molar-refractivity contribution in [3.8, 4) is 11.5 Å². The zero-order valence-electron chi connectivity index (χ0n) is 11.0. The number of benzene rings is 1. The van der Waals surface area contributed by atoms with Crippen molar-refractivity contribution in [1.82, 2.24) is 4.90 Å². The Morgan fingerprint density at radius 2 is 1.90 bits per heavy atom. The molecule has 1 heterocycles. The molecule has 8 heteroatoms. The lowest BCUT2D eigenvalue weighted by Gasteiger charge is -2.23. The average molecular weight is 305 g/mol. The lowest BCUT2D eigenvalue weighted by atomic mass is 10.1. The number of carboxylic acids is 1.